The Balaban J connectivity index is 1.57. The molecule has 0 spiro atoms. The lowest BCUT2D eigenvalue weighted by Gasteiger charge is -2.21. The summed E-state index contributed by atoms with van der Waals surface area (Å²) in [4.78, 5) is 11.1. The fraction of sp³-hybridized carbons (Fsp3) is 0.240. The van der Waals surface area contributed by atoms with E-state index in [0.29, 0.717) is 11.4 Å². The summed E-state index contributed by atoms with van der Waals surface area (Å²) in [5, 5.41) is 13.1. The number of benzene rings is 3. The molecule has 156 valence electrons. The summed E-state index contributed by atoms with van der Waals surface area (Å²) >= 11 is 0. The van der Waals surface area contributed by atoms with Crippen molar-refractivity contribution in [2.24, 2.45) is 0 Å². The van der Waals surface area contributed by atoms with E-state index in [1.165, 1.54) is 12.5 Å². The molecule has 0 bridgehead atoms. The average molecular weight is 405 g/mol. The maximum Gasteiger partial charge on any atom is 0.221 e. The van der Waals surface area contributed by atoms with Crippen LogP contribution in [0.5, 0.6) is 5.75 Å². The maximum absolute atomic E-state index is 11.1. The van der Waals surface area contributed by atoms with E-state index in [9.17, 15) is 9.90 Å². The highest BCUT2D eigenvalue weighted by atomic mass is 16.5. The summed E-state index contributed by atoms with van der Waals surface area (Å²) in [5.74, 6) is 0.485. The van der Waals surface area contributed by atoms with E-state index < -0.39 is 6.10 Å². The fourth-order valence-electron chi connectivity index (χ4n) is 3.04. The molecule has 0 fully saturated rings. The third-order valence-corrected chi connectivity index (χ3v) is 4.55. The van der Waals surface area contributed by atoms with Gasteiger partial charge in [-0.15, -0.1) is 0 Å². The molecule has 5 heteroatoms. The molecule has 30 heavy (non-hydrogen) atoms. The van der Waals surface area contributed by atoms with Crippen molar-refractivity contribution in [1.29, 1.82) is 0 Å². The first-order valence-corrected chi connectivity index (χ1v) is 9.93. The highest BCUT2D eigenvalue weighted by Gasteiger charge is 2.17. The number of amides is 1. The van der Waals surface area contributed by atoms with Crippen LogP contribution in [0.2, 0.25) is 0 Å². The molecular formula is C25H27NO4. The molecule has 3 aromatic carbocycles. The molecule has 0 radical (unpaired) electrons. The number of hydrogen-bond acceptors (Lipinski definition) is 4. The standard InChI is InChI=1S/C25H27NO4/c1-18-8-10-21(11-9-18)25(20-6-4-3-5-7-20)30-17-23(28)16-29-24-14-12-22(13-15-24)26-19(2)27/h3-15,23,25,28H,16-17H2,1-2H3,(H,26,27)/t23-,25+/m1/s1. The number of carbonyl (C=O) groups excluding carboxylic acids is 1. The van der Waals surface area contributed by atoms with Gasteiger partial charge >= 0.3 is 0 Å². The Kier molecular flexibility index (Phi) is 7.60. The molecule has 0 heterocycles. The number of rotatable bonds is 9. The van der Waals surface area contributed by atoms with Gasteiger partial charge in [0.15, 0.2) is 0 Å². The topological polar surface area (TPSA) is 67.8 Å². The van der Waals surface area contributed by atoms with Crippen LogP contribution in [0.1, 0.15) is 29.7 Å². The normalized spacial score (nSPS) is 12.8. The number of aryl methyl sites for hydroxylation is 1. The van der Waals surface area contributed by atoms with Gasteiger partial charge < -0.3 is 19.9 Å². The van der Waals surface area contributed by atoms with Gasteiger partial charge in [-0.25, -0.2) is 0 Å². The van der Waals surface area contributed by atoms with Gasteiger partial charge in [0.25, 0.3) is 0 Å². The minimum absolute atomic E-state index is 0.106. The number of anilines is 1. The average Bonchev–Trinajstić information content (AvgIpc) is 2.75. The molecule has 1 amide bonds. The van der Waals surface area contributed by atoms with Crippen LogP contribution in [0.15, 0.2) is 78.9 Å². The fourth-order valence-corrected chi connectivity index (χ4v) is 3.04. The predicted octanol–water partition coefficient (Wildman–Crippen LogP) is 4.50. The van der Waals surface area contributed by atoms with Crippen molar-refractivity contribution in [2.75, 3.05) is 18.5 Å². The highest BCUT2D eigenvalue weighted by Crippen LogP contribution is 2.26. The van der Waals surface area contributed by atoms with E-state index in [1.807, 2.05) is 49.4 Å². The maximum atomic E-state index is 11.1. The summed E-state index contributed by atoms with van der Waals surface area (Å²) in [6, 6.07) is 25.2. The van der Waals surface area contributed by atoms with Gasteiger partial charge in [0, 0.05) is 12.6 Å². The Morgan fingerprint density at radius 2 is 1.53 bits per heavy atom. The molecule has 2 N–H and O–H groups in total. The Bertz CT molecular complexity index is 924. The van der Waals surface area contributed by atoms with Gasteiger partial charge in [0.2, 0.25) is 5.91 Å². The van der Waals surface area contributed by atoms with Crippen molar-refractivity contribution in [1.82, 2.24) is 0 Å². The summed E-state index contributed by atoms with van der Waals surface area (Å²) in [6.45, 7) is 3.75. The van der Waals surface area contributed by atoms with Crippen molar-refractivity contribution in [2.45, 2.75) is 26.1 Å². The third-order valence-electron chi connectivity index (χ3n) is 4.55. The Labute approximate surface area is 177 Å². The van der Waals surface area contributed by atoms with Crippen molar-refractivity contribution < 1.29 is 19.4 Å². The second kappa shape index (κ2) is 10.6. The lowest BCUT2D eigenvalue weighted by Crippen LogP contribution is -2.25. The van der Waals surface area contributed by atoms with E-state index in [2.05, 4.69) is 17.4 Å². The molecule has 0 aliphatic rings. The van der Waals surface area contributed by atoms with Crippen LogP contribution < -0.4 is 10.1 Å². The SMILES string of the molecule is CC(=O)Nc1ccc(OC[C@@H](O)CO[C@@H](c2ccccc2)c2ccc(C)cc2)cc1. The van der Waals surface area contributed by atoms with E-state index in [-0.39, 0.29) is 25.2 Å². The first-order valence-electron chi connectivity index (χ1n) is 9.93. The lowest BCUT2D eigenvalue weighted by atomic mass is 10.0. The molecule has 2 atom stereocenters. The molecule has 0 aliphatic heterocycles. The van der Waals surface area contributed by atoms with Gasteiger partial charge in [0.05, 0.1) is 6.61 Å². The molecule has 0 aromatic heterocycles. The molecule has 0 saturated carbocycles. The lowest BCUT2D eigenvalue weighted by molar-refractivity contribution is -0.114. The number of aliphatic hydroxyl groups is 1. The van der Waals surface area contributed by atoms with Crippen LogP contribution in [-0.2, 0) is 9.53 Å². The van der Waals surface area contributed by atoms with Gasteiger partial charge in [-0.05, 0) is 42.3 Å². The minimum atomic E-state index is -0.781. The molecule has 3 aromatic rings. The quantitative estimate of drug-likeness (QED) is 0.550. The number of ether oxygens (including phenoxy) is 2. The third kappa shape index (κ3) is 6.44. The zero-order valence-corrected chi connectivity index (χ0v) is 17.2. The van der Waals surface area contributed by atoms with Crippen molar-refractivity contribution in [3.63, 3.8) is 0 Å². The second-order valence-electron chi connectivity index (χ2n) is 7.21. The van der Waals surface area contributed by atoms with Crippen molar-refractivity contribution in [3.8, 4) is 5.75 Å². The zero-order chi connectivity index (χ0) is 21.3. The highest BCUT2D eigenvalue weighted by molar-refractivity contribution is 5.88. The smallest absolute Gasteiger partial charge is 0.221 e. The van der Waals surface area contributed by atoms with Crippen LogP contribution in [0.4, 0.5) is 5.69 Å². The summed E-state index contributed by atoms with van der Waals surface area (Å²) in [5.41, 5.74) is 3.95. The Morgan fingerprint density at radius 1 is 0.900 bits per heavy atom. The largest absolute Gasteiger partial charge is 0.491 e. The molecule has 3 rings (SSSR count). The van der Waals surface area contributed by atoms with Crippen LogP contribution in [0.25, 0.3) is 0 Å². The van der Waals surface area contributed by atoms with Crippen molar-refractivity contribution >= 4 is 11.6 Å². The van der Waals surface area contributed by atoms with Gasteiger partial charge in [0.1, 0.15) is 24.6 Å². The summed E-state index contributed by atoms with van der Waals surface area (Å²) < 4.78 is 11.7. The molecule has 0 saturated heterocycles. The molecule has 0 unspecified atom stereocenters. The number of carbonyl (C=O) groups is 1. The van der Waals surface area contributed by atoms with Gasteiger partial charge in [-0.1, -0.05) is 60.2 Å². The number of aliphatic hydroxyl groups excluding tert-OH is 1. The van der Waals surface area contributed by atoms with E-state index in [0.717, 1.165) is 11.1 Å². The predicted molar refractivity (Wildman–Crippen MR) is 118 cm³/mol. The monoisotopic (exact) mass is 405 g/mol. The summed E-state index contributed by atoms with van der Waals surface area (Å²) in [7, 11) is 0. The van der Waals surface area contributed by atoms with Crippen molar-refractivity contribution in [3.05, 3.63) is 95.6 Å². The first kappa shape index (κ1) is 21.6. The van der Waals surface area contributed by atoms with Crippen LogP contribution in [0.3, 0.4) is 0 Å². The second-order valence-corrected chi connectivity index (χ2v) is 7.21. The van der Waals surface area contributed by atoms with Crippen LogP contribution in [-0.4, -0.2) is 30.3 Å². The van der Waals surface area contributed by atoms with Gasteiger partial charge in [-0.3, -0.25) is 4.79 Å². The molecule has 5 nitrogen and oxygen atoms in total. The number of hydrogen-bond donors (Lipinski definition) is 2. The summed E-state index contributed by atoms with van der Waals surface area (Å²) in [6.07, 6.45) is -1.05. The molecular weight excluding hydrogens is 378 g/mol. The van der Waals surface area contributed by atoms with E-state index >= 15 is 0 Å². The van der Waals surface area contributed by atoms with Crippen LogP contribution in [0, 0.1) is 6.92 Å². The van der Waals surface area contributed by atoms with Gasteiger partial charge in [-0.2, -0.15) is 0 Å². The first-order chi connectivity index (χ1) is 14.5. The molecule has 0 aliphatic carbocycles. The minimum Gasteiger partial charge on any atom is -0.491 e. The zero-order valence-electron chi connectivity index (χ0n) is 17.2. The Hall–Kier alpha value is -3.15. The number of nitrogens with one attached hydrogen (secondary N) is 1. The Morgan fingerprint density at radius 3 is 2.17 bits per heavy atom. The van der Waals surface area contributed by atoms with Crippen LogP contribution >= 0.6 is 0 Å². The van der Waals surface area contributed by atoms with E-state index in [1.54, 1.807) is 24.3 Å². The van der Waals surface area contributed by atoms with E-state index in [4.69, 9.17) is 9.47 Å².